The van der Waals surface area contributed by atoms with Crippen LogP contribution in [0.5, 0.6) is 17.2 Å². The molecule has 4 rings (SSSR count). The van der Waals surface area contributed by atoms with Gasteiger partial charge in [-0.2, -0.15) is 0 Å². The molecule has 6 heteroatoms. The van der Waals surface area contributed by atoms with E-state index in [4.69, 9.17) is 14.2 Å². The van der Waals surface area contributed by atoms with Crippen molar-refractivity contribution < 1.29 is 18.6 Å². The van der Waals surface area contributed by atoms with E-state index in [1.807, 2.05) is 31.2 Å². The van der Waals surface area contributed by atoms with Crippen molar-refractivity contribution in [2.75, 3.05) is 26.6 Å². The molecule has 0 saturated carbocycles. The Hall–Kier alpha value is -3.67. The van der Waals surface area contributed by atoms with Crippen molar-refractivity contribution in [3.05, 3.63) is 83.3 Å². The molecular weight excluding hydrogens is 395 g/mol. The Bertz CT molecular complexity index is 1180. The molecule has 0 radical (unpaired) electrons. The van der Waals surface area contributed by atoms with E-state index in [0.717, 1.165) is 33.4 Å². The maximum absolute atomic E-state index is 13.5. The molecule has 1 aromatic heterocycles. The number of halogens is 1. The van der Waals surface area contributed by atoms with Crippen molar-refractivity contribution in [3.8, 4) is 17.2 Å². The molecule has 1 unspecified atom stereocenters. The fraction of sp³-hybridized carbons (Fsp3) is 0.200. The average Bonchev–Trinajstić information content (AvgIpc) is 3.13. The molecule has 3 aromatic carbocycles. The summed E-state index contributed by atoms with van der Waals surface area (Å²) in [7, 11) is 4.78. The van der Waals surface area contributed by atoms with Crippen LogP contribution in [0.3, 0.4) is 0 Å². The van der Waals surface area contributed by atoms with Crippen molar-refractivity contribution in [1.82, 2.24) is 4.98 Å². The number of hydrogen-bond acceptors (Lipinski definition) is 4. The predicted molar refractivity (Wildman–Crippen MR) is 121 cm³/mol. The third-order valence-corrected chi connectivity index (χ3v) is 5.41. The van der Waals surface area contributed by atoms with E-state index in [-0.39, 0.29) is 11.9 Å². The number of rotatable bonds is 7. The number of ether oxygens (including phenoxy) is 3. The van der Waals surface area contributed by atoms with Crippen LogP contribution in [0.15, 0.2) is 60.7 Å². The fourth-order valence-corrected chi connectivity index (χ4v) is 3.97. The zero-order valence-electron chi connectivity index (χ0n) is 18.0. The van der Waals surface area contributed by atoms with Crippen molar-refractivity contribution in [2.45, 2.75) is 13.0 Å². The molecule has 5 nitrogen and oxygen atoms in total. The van der Waals surface area contributed by atoms with Crippen molar-refractivity contribution in [3.63, 3.8) is 0 Å². The molecule has 160 valence electrons. The van der Waals surface area contributed by atoms with Crippen LogP contribution in [-0.4, -0.2) is 26.3 Å². The lowest BCUT2D eigenvalue weighted by Crippen LogP contribution is -2.14. The Morgan fingerprint density at radius 2 is 1.52 bits per heavy atom. The van der Waals surface area contributed by atoms with Crippen LogP contribution in [0, 0.1) is 12.7 Å². The smallest absolute Gasteiger partial charge is 0.203 e. The number of fused-ring (bicyclic) bond motifs is 1. The molecule has 0 spiro atoms. The van der Waals surface area contributed by atoms with Gasteiger partial charge < -0.3 is 24.5 Å². The van der Waals surface area contributed by atoms with Crippen molar-refractivity contribution in [1.29, 1.82) is 0 Å². The van der Waals surface area contributed by atoms with Crippen LogP contribution < -0.4 is 19.5 Å². The molecule has 1 atom stereocenters. The van der Waals surface area contributed by atoms with Crippen LogP contribution in [0.2, 0.25) is 0 Å². The number of H-pyrrole nitrogens is 1. The predicted octanol–water partition coefficient (Wildman–Crippen LogP) is 5.84. The van der Waals surface area contributed by atoms with Gasteiger partial charge in [0.2, 0.25) is 5.75 Å². The number of nitrogens with one attached hydrogen (secondary N) is 2. The van der Waals surface area contributed by atoms with Crippen LogP contribution in [0.1, 0.15) is 22.9 Å². The lowest BCUT2D eigenvalue weighted by Gasteiger charge is -2.24. The van der Waals surface area contributed by atoms with Crippen LogP contribution in [-0.2, 0) is 0 Å². The lowest BCUT2D eigenvalue weighted by atomic mass is 9.95. The summed E-state index contributed by atoms with van der Waals surface area (Å²) in [4.78, 5) is 3.46. The zero-order valence-corrected chi connectivity index (χ0v) is 18.0. The number of methoxy groups -OCH3 is 3. The van der Waals surface area contributed by atoms with Crippen molar-refractivity contribution in [2.24, 2.45) is 0 Å². The minimum atomic E-state index is -0.279. The first-order valence-corrected chi connectivity index (χ1v) is 9.95. The maximum Gasteiger partial charge on any atom is 0.203 e. The van der Waals surface area contributed by atoms with Crippen LogP contribution in [0.25, 0.3) is 10.9 Å². The van der Waals surface area contributed by atoms with Gasteiger partial charge in [0.1, 0.15) is 5.82 Å². The minimum Gasteiger partial charge on any atom is -0.493 e. The first-order chi connectivity index (χ1) is 15.0. The highest BCUT2D eigenvalue weighted by atomic mass is 19.1. The van der Waals surface area contributed by atoms with Gasteiger partial charge in [0, 0.05) is 27.8 Å². The first-order valence-electron chi connectivity index (χ1n) is 9.95. The van der Waals surface area contributed by atoms with Gasteiger partial charge in [-0.05, 0) is 55.0 Å². The summed E-state index contributed by atoms with van der Waals surface area (Å²) in [5.74, 6) is 1.39. The Balaban J connectivity index is 1.92. The van der Waals surface area contributed by atoms with Gasteiger partial charge in [-0.3, -0.25) is 0 Å². The summed E-state index contributed by atoms with van der Waals surface area (Å²) in [6, 6.07) is 18.1. The Morgan fingerprint density at radius 1 is 0.871 bits per heavy atom. The third kappa shape index (κ3) is 3.89. The molecule has 0 saturated heterocycles. The monoisotopic (exact) mass is 420 g/mol. The second-order valence-corrected chi connectivity index (χ2v) is 7.25. The van der Waals surface area contributed by atoms with E-state index in [9.17, 15) is 4.39 Å². The minimum absolute atomic E-state index is 0.254. The molecule has 0 fully saturated rings. The molecule has 1 heterocycles. The van der Waals surface area contributed by atoms with Gasteiger partial charge in [0.15, 0.2) is 11.5 Å². The summed E-state index contributed by atoms with van der Waals surface area (Å²) >= 11 is 0. The van der Waals surface area contributed by atoms with Gasteiger partial charge in [-0.1, -0.05) is 18.2 Å². The molecule has 0 aliphatic heterocycles. The fourth-order valence-electron chi connectivity index (χ4n) is 3.97. The Labute approximate surface area is 180 Å². The molecule has 0 bridgehead atoms. The molecule has 2 N–H and O–H groups in total. The standard InChI is InChI=1S/C25H25FN2O3/c1-15-23(19-7-5-6-8-20(19)27-15)24(28-18-11-9-17(26)10-12-18)16-13-21(29-2)25(31-4)22(14-16)30-3/h5-14,24,27-28H,1-4H3. The number of anilines is 1. The Kier molecular flexibility index (Phi) is 5.71. The topological polar surface area (TPSA) is 55.5 Å². The highest BCUT2D eigenvalue weighted by Gasteiger charge is 2.24. The summed E-state index contributed by atoms with van der Waals surface area (Å²) in [6.45, 7) is 2.05. The number of aryl methyl sites for hydroxylation is 1. The first kappa shape index (κ1) is 20.6. The molecule has 0 amide bonds. The SMILES string of the molecule is COc1cc(C(Nc2ccc(F)cc2)c2c(C)[nH]c3ccccc23)cc(OC)c1OC. The van der Waals surface area contributed by atoms with E-state index in [0.29, 0.717) is 17.2 Å². The quantitative estimate of drug-likeness (QED) is 0.394. The number of hydrogen-bond donors (Lipinski definition) is 2. The molecule has 4 aromatic rings. The number of aromatic amines is 1. The van der Waals surface area contributed by atoms with E-state index in [2.05, 4.69) is 22.4 Å². The largest absolute Gasteiger partial charge is 0.493 e. The lowest BCUT2D eigenvalue weighted by molar-refractivity contribution is 0.323. The second-order valence-electron chi connectivity index (χ2n) is 7.25. The van der Waals surface area contributed by atoms with Gasteiger partial charge >= 0.3 is 0 Å². The van der Waals surface area contributed by atoms with Crippen LogP contribution in [0.4, 0.5) is 10.1 Å². The maximum atomic E-state index is 13.5. The van der Waals surface area contributed by atoms with E-state index >= 15 is 0 Å². The zero-order chi connectivity index (χ0) is 22.0. The Morgan fingerprint density at radius 3 is 2.13 bits per heavy atom. The van der Waals surface area contributed by atoms with Crippen LogP contribution >= 0.6 is 0 Å². The number of aromatic nitrogens is 1. The molecule has 0 aliphatic carbocycles. The van der Waals surface area contributed by atoms with Gasteiger partial charge in [-0.25, -0.2) is 4.39 Å². The highest BCUT2D eigenvalue weighted by Crippen LogP contribution is 2.43. The second kappa shape index (κ2) is 8.60. The van der Waals surface area contributed by atoms with E-state index in [1.165, 1.54) is 12.1 Å². The molecular formula is C25H25FN2O3. The highest BCUT2D eigenvalue weighted by molar-refractivity contribution is 5.86. The van der Waals surface area contributed by atoms with E-state index < -0.39 is 0 Å². The summed E-state index contributed by atoms with van der Waals surface area (Å²) in [5.41, 5.74) is 4.90. The molecule has 0 aliphatic rings. The summed E-state index contributed by atoms with van der Waals surface area (Å²) in [5, 5.41) is 4.66. The summed E-state index contributed by atoms with van der Waals surface area (Å²) < 4.78 is 30.1. The van der Waals surface area contributed by atoms with Gasteiger partial charge in [-0.15, -0.1) is 0 Å². The molecule has 31 heavy (non-hydrogen) atoms. The third-order valence-electron chi connectivity index (χ3n) is 5.41. The number of para-hydroxylation sites is 1. The van der Waals surface area contributed by atoms with E-state index in [1.54, 1.807) is 33.5 Å². The van der Waals surface area contributed by atoms with Gasteiger partial charge in [0.05, 0.1) is 27.4 Å². The number of benzene rings is 3. The normalized spacial score (nSPS) is 11.9. The average molecular weight is 420 g/mol. The van der Waals surface area contributed by atoms with Crippen molar-refractivity contribution >= 4 is 16.6 Å². The summed E-state index contributed by atoms with van der Waals surface area (Å²) in [6.07, 6.45) is 0. The van der Waals surface area contributed by atoms with Gasteiger partial charge in [0.25, 0.3) is 0 Å².